The maximum absolute atomic E-state index is 12.3. The lowest BCUT2D eigenvalue weighted by molar-refractivity contribution is 0.0697. The van der Waals surface area contributed by atoms with E-state index in [0.29, 0.717) is 11.0 Å². The fourth-order valence-corrected chi connectivity index (χ4v) is 4.75. The quantitative estimate of drug-likeness (QED) is 0.905. The average molecular weight is 345 g/mol. The Morgan fingerprint density at radius 1 is 1.32 bits per heavy atom. The predicted molar refractivity (Wildman–Crippen MR) is 79.8 cm³/mol. The van der Waals surface area contributed by atoms with Gasteiger partial charge in [0.05, 0.1) is 5.56 Å². The molecule has 0 amide bonds. The van der Waals surface area contributed by atoms with Gasteiger partial charge in [-0.05, 0) is 30.5 Å². The van der Waals surface area contributed by atoms with Gasteiger partial charge in [-0.25, -0.2) is 4.79 Å². The standard InChI is InChI=1S/C14H17BrO3S/c15-13-8-10(14(16)17)6-7-11(13)9-19(18)12-4-2-1-3-5-12/h6-8,12H,1-5,9H2,(H,16,17). The van der Waals surface area contributed by atoms with Crippen molar-refractivity contribution in [3.63, 3.8) is 0 Å². The van der Waals surface area contributed by atoms with Crippen molar-refractivity contribution in [3.8, 4) is 0 Å². The van der Waals surface area contributed by atoms with E-state index in [1.54, 1.807) is 18.2 Å². The van der Waals surface area contributed by atoms with Crippen molar-refractivity contribution in [2.45, 2.75) is 43.1 Å². The number of hydrogen-bond acceptors (Lipinski definition) is 2. The Bertz CT molecular complexity index is 495. The lowest BCUT2D eigenvalue weighted by atomic mass is 10.0. The molecule has 1 unspecified atom stereocenters. The number of hydrogen-bond donors (Lipinski definition) is 1. The van der Waals surface area contributed by atoms with Crippen molar-refractivity contribution in [2.24, 2.45) is 0 Å². The summed E-state index contributed by atoms with van der Waals surface area (Å²) in [4.78, 5) is 10.9. The lowest BCUT2D eigenvalue weighted by Gasteiger charge is -2.21. The minimum atomic E-state index is -0.944. The van der Waals surface area contributed by atoms with Gasteiger partial charge in [-0.15, -0.1) is 0 Å². The number of carboxylic acids is 1. The first kappa shape index (κ1) is 14.7. The molecule has 0 bridgehead atoms. The van der Waals surface area contributed by atoms with E-state index >= 15 is 0 Å². The van der Waals surface area contributed by atoms with Crippen molar-refractivity contribution in [1.29, 1.82) is 0 Å². The van der Waals surface area contributed by atoms with E-state index in [0.717, 1.165) is 22.9 Å². The molecule has 0 aromatic heterocycles. The molecule has 1 saturated carbocycles. The van der Waals surface area contributed by atoms with Crippen molar-refractivity contribution in [3.05, 3.63) is 33.8 Å². The number of rotatable bonds is 4. The van der Waals surface area contributed by atoms with Crippen LogP contribution in [-0.4, -0.2) is 20.5 Å². The largest absolute Gasteiger partial charge is 0.478 e. The molecule has 1 fully saturated rings. The Morgan fingerprint density at radius 3 is 2.58 bits per heavy atom. The number of halogens is 1. The molecule has 1 aliphatic rings. The number of carbonyl (C=O) groups is 1. The molecule has 0 radical (unpaired) electrons. The average Bonchev–Trinajstić information content (AvgIpc) is 2.41. The Balaban J connectivity index is 2.06. The molecule has 3 nitrogen and oxygen atoms in total. The minimum absolute atomic E-state index is 0.249. The summed E-state index contributed by atoms with van der Waals surface area (Å²) in [6, 6.07) is 4.91. The van der Waals surface area contributed by atoms with Crippen LogP contribution in [0.2, 0.25) is 0 Å². The normalized spacial score (nSPS) is 18.2. The van der Waals surface area contributed by atoms with Gasteiger partial charge in [0.1, 0.15) is 0 Å². The first-order valence-electron chi connectivity index (χ1n) is 6.47. The van der Waals surface area contributed by atoms with Gasteiger partial charge in [-0.1, -0.05) is 41.3 Å². The van der Waals surface area contributed by atoms with E-state index in [1.165, 1.54) is 19.3 Å². The van der Waals surface area contributed by atoms with Gasteiger partial charge in [0.2, 0.25) is 0 Å². The van der Waals surface area contributed by atoms with Crippen molar-refractivity contribution < 1.29 is 14.1 Å². The summed E-state index contributed by atoms with van der Waals surface area (Å²) in [6.45, 7) is 0. The van der Waals surface area contributed by atoms with E-state index in [2.05, 4.69) is 15.9 Å². The molecule has 1 aromatic rings. The van der Waals surface area contributed by atoms with E-state index < -0.39 is 16.8 Å². The third kappa shape index (κ3) is 3.89. The molecule has 2 rings (SSSR count). The van der Waals surface area contributed by atoms with Crippen LogP contribution in [0.4, 0.5) is 0 Å². The van der Waals surface area contributed by atoms with Gasteiger partial charge in [-0.3, -0.25) is 4.21 Å². The van der Waals surface area contributed by atoms with Crippen molar-refractivity contribution >= 4 is 32.7 Å². The Labute approximate surface area is 124 Å². The lowest BCUT2D eigenvalue weighted by Crippen LogP contribution is -2.20. The molecule has 19 heavy (non-hydrogen) atoms. The second-order valence-corrected chi connectivity index (χ2v) is 7.47. The fraction of sp³-hybridized carbons (Fsp3) is 0.500. The van der Waals surface area contributed by atoms with Crippen LogP contribution in [0.3, 0.4) is 0 Å². The number of benzene rings is 1. The summed E-state index contributed by atoms with van der Waals surface area (Å²) in [5.41, 5.74) is 1.17. The molecule has 1 aromatic carbocycles. The van der Waals surface area contributed by atoms with E-state index in [-0.39, 0.29) is 5.56 Å². The van der Waals surface area contributed by atoms with E-state index in [1.807, 2.05) is 0 Å². The molecule has 0 heterocycles. The predicted octanol–water partition coefficient (Wildman–Crippen LogP) is 3.73. The highest BCUT2D eigenvalue weighted by atomic mass is 79.9. The fourth-order valence-electron chi connectivity index (χ4n) is 2.40. The second-order valence-electron chi connectivity index (χ2n) is 4.90. The topological polar surface area (TPSA) is 54.4 Å². The highest BCUT2D eigenvalue weighted by Crippen LogP contribution is 2.26. The monoisotopic (exact) mass is 344 g/mol. The molecular weight excluding hydrogens is 328 g/mol. The molecule has 5 heteroatoms. The first-order chi connectivity index (χ1) is 9.08. The first-order valence-corrected chi connectivity index (χ1v) is 8.64. The summed E-state index contributed by atoms with van der Waals surface area (Å²) < 4.78 is 13.0. The molecule has 0 spiro atoms. The molecule has 0 aliphatic heterocycles. The van der Waals surface area contributed by atoms with Crippen LogP contribution < -0.4 is 0 Å². The van der Waals surface area contributed by atoms with Gasteiger partial charge >= 0.3 is 5.97 Å². The number of carboxylic acid groups (broad SMARTS) is 1. The van der Waals surface area contributed by atoms with E-state index in [9.17, 15) is 9.00 Å². The third-order valence-electron chi connectivity index (χ3n) is 3.52. The van der Waals surface area contributed by atoms with Gasteiger partial charge in [0.15, 0.2) is 0 Å². The maximum atomic E-state index is 12.3. The highest BCUT2D eigenvalue weighted by molar-refractivity contribution is 9.10. The van der Waals surface area contributed by atoms with Gasteiger partial charge < -0.3 is 5.11 Å². The van der Waals surface area contributed by atoms with Crippen LogP contribution in [0, 0.1) is 0 Å². The zero-order chi connectivity index (χ0) is 13.8. The third-order valence-corrected chi connectivity index (χ3v) is 6.07. The highest BCUT2D eigenvalue weighted by Gasteiger charge is 2.20. The second kappa shape index (κ2) is 6.66. The molecule has 0 saturated heterocycles. The Hall–Kier alpha value is -0.680. The van der Waals surface area contributed by atoms with Crippen LogP contribution in [0.25, 0.3) is 0 Å². The molecular formula is C14H17BrO3S. The molecule has 1 atom stereocenters. The SMILES string of the molecule is O=C(O)c1ccc(CS(=O)C2CCCCC2)c(Br)c1. The number of aromatic carboxylic acids is 1. The van der Waals surface area contributed by atoms with Crippen LogP contribution >= 0.6 is 15.9 Å². The summed E-state index contributed by atoms with van der Waals surface area (Å²) >= 11 is 3.37. The minimum Gasteiger partial charge on any atom is -0.478 e. The summed E-state index contributed by atoms with van der Waals surface area (Å²) in [5, 5.41) is 9.21. The summed E-state index contributed by atoms with van der Waals surface area (Å²) in [6.07, 6.45) is 5.71. The smallest absolute Gasteiger partial charge is 0.335 e. The Kier molecular flexibility index (Phi) is 5.16. The van der Waals surface area contributed by atoms with Gasteiger partial charge in [0, 0.05) is 26.3 Å². The zero-order valence-corrected chi connectivity index (χ0v) is 13.0. The van der Waals surface area contributed by atoms with E-state index in [4.69, 9.17) is 5.11 Å². The molecule has 1 N–H and O–H groups in total. The van der Waals surface area contributed by atoms with Crippen LogP contribution in [0.1, 0.15) is 48.0 Å². The van der Waals surface area contributed by atoms with Crippen molar-refractivity contribution in [1.82, 2.24) is 0 Å². The van der Waals surface area contributed by atoms with Gasteiger partial charge in [0.25, 0.3) is 0 Å². The zero-order valence-electron chi connectivity index (χ0n) is 10.6. The molecule has 104 valence electrons. The van der Waals surface area contributed by atoms with Gasteiger partial charge in [-0.2, -0.15) is 0 Å². The van der Waals surface area contributed by atoms with Crippen LogP contribution in [0.5, 0.6) is 0 Å². The Morgan fingerprint density at radius 2 is 2.00 bits per heavy atom. The van der Waals surface area contributed by atoms with Crippen LogP contribution in [-0.2, 0) is 16.6 Å². The maximum Gasteiger partial charge on any atom is 0.335 e. The molecule has 1 aliphatic carbocycles. The summed E-state index contributed by atoms with van der Waals surface area (Å²) in [7, 11) is -0.862. The summed E-state index contributed by atoms with van der Waals surface area (Å²) in [5.74, 6) is -0.439. The van der Waals surface area contributed by atoms with Crippen LogP contribution in [0.15, 0.2) is 22.7 Å². The van der Waals surface area contributed by atoms with Crippen molar-refractivity contribution in [2.75, 3.05) is 0 Å².